The Morgan fingerprint density at radius 2 is 1.57 bits per heavy atom. The Kier molecular flexibility index (Phi) is 4.35. The molecule has 35 heavy (non-hydrogen) atoms. The first kappa shape index (κ1) is 19.8. The van der Waals surface area contributed by atoms with Gasteiger partial charge in [-0.3, -0.25) is 14.6 Å². The summed E-state index contributed by atoms with van der Waals surface area (Å²) in [5.41, 5.74) is 7.63. The van der Waals surface area contributed by atoms with Crippen LogP contribution in [0.5, 0.6) is 0 Å². The highest BCUT2D eigenvalue weighted by molar-refractivity contribution is 5.93. The Balaban J connectivity index is 1.43. The molecule has 0 fully saturated rings. The SMILES string of the molecule is O=c1[nH]n2c(c1N=Nc1ccccc1)NC1=C(c3[nH]c4ccccc4c3CC1)C2c1ccccc1. The lowest BCUT2D eigenvalue weighted by Gasteiger charge is -2.34. The van der Waals surface area contributed by atoms with Gasteiger partial charge in [0.15, 0.2) is 11.5 Å². The Labute approximate surface area is 200 Å². The van der Waals surface area contributed by atoms with Crippen molar-refractivity contribution in [1.29, 1.82) is 0 Å². The van der Waals surface area contributed by atoms with Gasteiger partial charge >= 0.3 is 0 Å². The maximum absolute atomic E-state index is 13.1. The molecule has 5 aromatic rings. The predicted octanol–water partition coefficient (Wildman–Crippen LogP) is 6.45. The fraction of sp³-hybridized carbons (Fsp3) is 0.107. The summed E-state index contributed by atoms with van der Waals surface area (Å²) >= 11 is 0. The number of benzene rings is 3. The second kappa shape index (κ2) is 7.70. The van der Waals surface area contributed by atoms with Gasteiger partial charge in [0.25, 0.3) is 5.56 Å². The van der Waals surface area contributed by atoms with Crippen molar-refractivity contribution in [1.82, 2.24) is 14.8 Å². The molecule has 1 atom stereocenters. The second-order valence-corrected chi connectivity index (χ2v) is 8.90. The molecular formula is C28H22N6O. The smallest absolute Gasteiger partial charge is 0.294 e. The number of fused-ring (bicyclic) bond motifs is 5. The zero-order chi connectivity index (χ0) is 23.4. The largest absolute Gasteiger partial charge is 0.354 e. The molecule has 2 aliphatic rings. The molecule has 0 spiro atoms. The van der Waals surface area contributed by atoms with E-state index in [0.29, 0.717) is 11.5 Å². The van der Waals surface area contributed by atoms with Gasteiger partial charge in [-0.25, -0.2) is 0 Å². The van der Waals surface area contributed by atoms with E-state index in [4.69, 9.17) is 0 Å². The third-order valence-electron chi connectivity index (χ3n) is 6.87. The highest BCUT2D eigenvalue weighted by Gasteiger charge is 2.37. The number of aromatic amines is 2. The van der Waals surface area contributed by atoms with Crippen LogP contribution in [-0.4, -0.2) is 14.8 Å². The molecule has 170 valence electrons. The van der Waals surface area contributed by atoms with Crippen molar-refractivity contribution in [2.24, 2.45) is 10.2 Å². The van der Waals surface area contributed by atoms with Gasteiger partial charge in [0, 0.05) is 27.9 Å². The predicted molar refractivity (Wildman–Crippen MR) is 137 cm³/mol. The van der Waals surface area contributed by atoms with Crippen molar-refractivity contribution in [2.45, 2.75) is 18.9 Å². The summed E-state index contributed by atoms with van der Waals surface area (Å²) in [5.74, 6) is 0.641. The number of hydrogen-bond acceptors (Lipinski definition) is 4. The van der Waals surface area contributed by atoms with Crippen LogP contribution in [0.1, 0.15) is 29.3 Å². The summed E-state index contributed by atoms with van der Waals surface area (Å²) in [5, 5.41) is 16.5. The van der Waals surface area contributed by atoms with Crippen LogP contribution < -0.4 is 10.9 Å². The number of H-pyrrole nitrogens is 2. The molecule has 0 amide bonds. The lowest BCUT2D eigenvalue weighted by Crippen LogP contribution is -2.27. The lowest BCUT2D eigenvalue weighted by atomic mass is 9.84. The fourth-order valence-electron chi connectivity index (χ4n) is 5.33. The minimum atomic E-state index is -0.273. The summed E-state index contributed by atoms with van der Waals surface area (Å²) in [6.07, 6.45) is 1.77. The second-order valence-electron chi connectivity index (χ2n) is 8.90. The van der Waals surface area contributed by atoms with E-state index in [1.54, 1.807) is 0 Å². The van der Waals surface area contributed by atoms with Gasteiger partial charge < -0.3 is 10.3 Å². The van der Waals surface area contributed by atoms with Crippen LogP contribution in [0.3, 0.4) is 0 Å². The number of nitrogens with zero attached hydrogens (tertiary/aromatic N) is 3. The normalized spacial score (nSPS) is 16.7. The summed E-state index contributed by atoms with van der Waals surface area (Å²) < 4.78 is 1.90. The third kappa shape index (κ3) is 3.09. The van der Waals surface area contributed by atoms with Crippen molar-refractivity contribution < 1.29 is 0 Å². The number of rotatable bonds is 3. The molecule has 0 saturated heterocycles. The summed E-state index contributed by atoms with van der Waals surface area (Å²) in [4.78, 5) is 16.8. The molecule has 1 unspecified atom stereocenters. The number of nitrogens with one attached hydrogen (secondary N) is 3. The molecule has 3 heterocycles. The molecular weight excluding hydrogens is 436 g/mol. The van der Waals surface area contributed by atoms with Gasteiger partial charge in [-0.05, 0) is 42.2 Å². The maximum atomic E-state index is 13.1. The summed E-state index contributed by atoms with van der Waals surface area (Å²) in [6.45, 7) is 0. The van der Waals surface area contributed by atoms with E-state index in [0.717, 1.165) is 40.9 Å². The number of hydrogen-bond donors (Lipinski definition) is 3. The Morgan fingerprint density at radius 3 is 2.40 bits per heavy atom. The van der Waals surface area contributed by atoms with Crippen molar-refractivity contribution in [3.05, 3.63) is 118 Å². The van der Waals surface area contributed by atoms with E-state index in [9.17, 15) is 4.79 Å². The van der Waals surface area contributed by atoms with Crippen LogP contribution in [0.25, 0.3) is 16.5 Å². The van der Waals surface area contributed by atoms with E-state index >= 15 is 0 Å². The maximum Gasteiger partial charge on any atom is 0.294 e. The quantitative estimate of drug-likeness (QED) is 0.271. The highest BCUT2D eigenvalue weighted by atomic mass is 16.1. The first-order valence-electron chi connectivity index (χ1n) is 11.7. The van der Waals surface area contributed by atoms with E-state index < -0.39 is 0 Å². The molecule has 2 aromatic heterocycles. The monoisotopic (exact) mass is 458 g/mol. The molecule has 3 aromatic carbocycles. The van der Waals surface area contributed by atoms with E-state index in [1.807, 2.05) is 53.2 Å². The Hall–Kier alpha value is -4.65. The molecule has 1 aliphatic carbocycles. The molecule has 1 aliphatic heterocycles. The molecule has 7 heteroatoms. The zero-order valence-electron chi connectivity index (χ0n) is 18.8. The van der Waals surface area contributed by atoms with E-state index in [1.165, 1.54) is 10.9 Å². The average molecular weight is 459 g/mol. The number of aryl methyl sites for hydroxylation is 1. The van der Waals surface area contributed by atoms with Crippen LogP contribution in [0.15, 0.2) is 106 Å². The molecule has 7 rings (SSSR count). The fourth-order valence-corrected chi connectivity index (χ4v) is 5.33. The molecule has 7 nitrogen and oxygen atoms in total. The molecule has 0 saturated carbocycles. The van der Waals surface area contributed by atoms with Crippen LogP contribution in [0.2, 0.25) is 0 Å². The van der Waals surface area contributed by atoms with Crippen LogP contribution >= 0.6 is 0 Å². The first-order valence-corrected chi connectivity index (χ1v) is 11.7. The number of anilines is 1. The van der Waals surface area contributed by atoms with Crippen LogP contribution in [-0.2, 0) is 6.42 Å². The van der Waals surface area contributed by atoms with Gasteiger partial charge in [-0.2, -0.15) is 5.11 Å². The van der Waals surface area contributed by atoms with Gasteiger partial charge in [0.1, 0.15) is 6.04 Å². The summed E-state index contributed by atoms with van der Waals surface area (Å²) in [6, 6.07) is 27.9. The van der Waals surface area contributed by atoms with Crippen molar-refractivity contribution in [2.75, 3.05) is 5.32 Å². The van der Waals surface area contributed by atoms with Crippen molar-refractivity contribution in [3.8, 4) is 0 Å². The number of para-hydroxylation sites is 1. The van der Waals surface area contributed by atoms with E-state index in [2.05, 4.69) is 62.0 Å². The van der Waals surface area contributed by atoms with Crippen LogP contribution in [0.4, 0.5) is 17.2 Å². The van der Waals surface area contributed by atoms with E-state index in [-0.39, 0.29) is 17.3 Å². The Bertz CT molecular complexity index is 1690. The lowest BCUT2D eigenvalue weighted by molar-refractivity contribution is 0.604. The minimum Gasteiger partial charge on any atom is -0.354 e. The highest BCUT2D eigenvalue weighted by Crippen LogP contribution is 2.48. The van der Waals surface area contributed by atoms with Crippen molar-refractivity contribution >= 4 is 33.7 Å². The molecule has 3 N–H and O–H groups in total. The van der Waals surface area contributed by atoms with Gasteiger partial charge in [0.05, 0.1) is 5.69 Å². The van der Waals surface area contributed by atoms with Crippen LogP contribution in [0, 0.1) is 0 Å². The molecule has 0 bridgehead atoms. The summed E-state index contributed by atoms with van der Waals surface area (Å²) in [7, 11) is 0. The van der Waals surface area contributed by atoms with Gasteiger partial charge in [-0.15, -0.1) is 5.11 Å². The van der Waals surface area contributed by atoms with Crippen molar-refractivity contribution in [3.63, 3.8) is 0 Å². The van der Waals surface area contributed by atoms with Gasteiger partial charge in [0.2, 0.25) is 0 Å². The number of aromatic nitrogens is 3. The average Bonchev–Trinajstić information content (AvgIpc) is 3.44. The zero-order valence-corrected chi connectivity index (χ0v) is 18.8. The number of azo groups is 1. The minimum absolute atomic E-state index is 0.206. The molecule has 0 radical (unpaired) electrons. The topological polar surface area (TPSA) is 90.3 Å². The number of allylic oxidation sites excluding steroid dienone is 2. The van der Waals surface area contributed by atoms with Gasteiger partial charge in [-0.1, -0.05) is 66.7 Å². The first-order chi connectivity index (χ1) is 17.3. The standard InChI is InChI=1S/C28H22N6O/c35-28-25(32-31-18-11-5-2-6-12-18)27-30-22-16-15-20-19-13-7-8-14-21(19)29-24(20)23(22)26(34(27)33-28)17-9-3-1-4-10-17/h1-14,26,29-30H,15-16H2,(H,33,35). The third-order valence-corrected chi connectivity index (χ3v) is 6.87. The Morgan fingerprint density at radius 1 is 0.829 bits per heavy atom.